The van der Waals surface area contributed by atoms with E-state index in [-0.39, 0.29) is 61.4 Å². The van der Waals surface area contributed by atoms with E-state index in [1.54, 1.807) is 16.7 Å². The van der Waals surface area contributed by atoms with Crippen LogP contribution in [-0.4, -0.2) is 107 Å². The van der Waals surface area contributed by atoms with Crippen molar-refractivity contribution in [3.63, 3.8) is 0 Å². The van der Waals surface area contributed by atoms with Crippen LogP contribution in [0.1, 0.15) is 179 Å². The summed E-state index contributed by atoms with van der Waals surface area (Å²) in [5, 5.41) is 0. The average Bonchev–Trinajstić information content (AvgIpc) is 1.53. The third-order valence-electron chi connectivity index (χ3n) is 37.4. The molecule has 0 radical (unpaired) electrons. The first-order valence-electron chi connectivity index (χ1n) is 54.0. The van der Waals surface area contributed by atoms with Gasteiger partial charge in [0.1, 0.15) is 5.75 Å². The van der Waals surface area contributed by atoms with Gasteiger partial charge in [0.15, 0.2) is 0 Å². The van der Waals surface area contributed by atoms with Gasteiger partial charge in [-0.05, 0) is 258 Å². The van der Waals surface area contributed by atoms with Crippen molar-refractivity contribution >= 4 is 92.4 Å². The summed E-state index contributed by atoms with van der Waals surface area (Å²) in [4.78, 5) is 8.02. The molecule has 0 spiro atoms. The zero-order valence-corrected chi connectivity index (χ0v) is 108. The number of methoxy groups -OCH3 is 1. The molecule has 3 aromatic rings. The summed E-state index contributed by atoms with van der Waals surface area (Å²) in [6.45, 7) is 33.2. The summed E-state index contributed by atoms with van der Waals surface area (Å²) in [6, 6.07) is 29.7. The topological polar surface area (TPSA) is 46.6 Å². The van der Waals surface area contributed by atoms with Gasteiger partial charge in [-0.25, -0.2) is 0 Å². The third kappa shape index (κ3) is 26.6. The normalized spacial score (nSPS) is 33.5. The van der Waals surface area contributed by atoms with Crippen molar-refractivity contribution in [1.82, 2.24) is 0 Å². The first-order valence-corrected chi connectivity index (χ1v) is 81.6. The van der Waals surface area contributed by atoms with E-state index in [9.17, 15) is 0 Å². The molecule has 21 rings (SSSR count). The molecular weight excluding hydrogens is 2210 g/mol. The number of anilines is 3. The van der Waals surface area contributed by atoms with Gasteiger partial charge in [-0.15, -0.1) is 0 Å². The summed E-state index contributed by atoms with van der Waals surface area (Å²) < 4.78 is 24.1. The van der Waals surface area contributed by atoms with Crippen LogP contribution in [-0.2, 0) is 76.8 Å². The van der Waals surface area contributed by atoms with Crippen LogP contribution in [0, 0.1) is 158 Å². The fourth-order valence-corrected chi connectivity index (χ4v) is 53.6. The van der Waals surface area contributed by atoms with Crippen LogP contribution >= 0.6 is 51.1 Å². The zero-order valence-electron chi connectivity index (χ0n) is 93.3. The van der Waals surface area contributed by atoms with Gasteiger partial charge in [0, 0.05) is 112 Å². The molecule has 0 amide bonds. The van der Waals surface area contributed by atoms with Crippen LogP contribution < -0.4 is 19.4 Å². The number of nitrogens with zero attached hydrogens (tertiary/aromatic N) is 3. The monoisotopic (exact) mass is 2390 g/mol. The van der Waals surface area contributed by atoms with E-state index in [0.29, 0.717) is 148 Å². The second-order valence-corrected chi connectivity index (χ2v) is 73.7. The molecule has 798 valence electrons. The third-order valence-corrected chi connectivity index (χ3v) is 55.4. The molecule has 30 unspecified atom stereocenters. The standard InChI is InChI=1S/C41H55NO2Si.C41H55NOSi.C40H53NOSi.6CH3.6ClH.3Zr/c1-41(2,3)44-25-15-7-8-16-26-45(6,39-32-20-12-9-17-29(32)30-18-10-13-21-33(30)39)40-34-22-14-11-19-31(34)38-37(40)35-27-28(43-5)23-24-36(35)42(38)4;1-28-23-24-36-35(27-28)37-38(42(36)5)31-19-11-14-22-34(31)40(37)44(6,26-16-8-7-15-25-43-41(2,3)4)39-32-20-12-9-17-29(32)30-18-10-13-21-33(30)39;1-40(2,3)42-26-16-6-7-17-27-43(5,38-31-21-11-8-18-28(31)29-19-9-12-22-32(29)38)39-33-23-13-10-20-30(33)37-36(39)34-24-14-15-25-35(34)41(37)4;;;;;;;;;;;;;;;/h9-14,17-24,27,29-34,37-40H,7-8,15-16,25-26H2,1-6H3;9-14,17-24,27,29-34,37-40H,7-8,15-16,25-26H2,1-6H3;8-15,18-25,28-33,36-39H,6-7,16-17,26-27H2,1-5H3;6*1H3;6*1H;;;/q;;;6*-1;;;;;;;3*+4/p-6. The van der Waals surface area contributed by atoms with E-state index in [2.05, 4.69) is 404 Å². The molecule has 6 saturated carbocycles. The molecule has 0 N–H and O–H groups in total. The van der Waals surface area contributed by atoms with Crippen molar-refractivity contribution in [3.05, 3.63) is 346 Å². The number of aryl methyl sites for hydroxylation is 1. The summed E-state index contributed by atoms with van der Waals surface area (Å²) in [5.41, 5.74) is 15.0. The van der Waals surface area contributed by atoms with Crippen molar-refractivity contribution in [1.29, 1.82) is 0 Å². The van der Waals surface area contributed by atoms with E-state index in [1.165, 1.54) is 118 Å². The number of unbranched alkanes of at least 4 members (excludes halogenated alkanes) is 9. The Balaban J connectivity index is 0.000000212. The van der Waals surface area contributed by atoms with Gasteiger partial charge in [-0.3, -0.25) is 0 Å². The number of para-hydroxylation sites is 1. The molecule has 6 fully saturated rings. The molecule has 15 aliphatic carbocycles. The van der Waals surface area contributed by atoms with Crippen molar-refractivity contribution < 1.29 is 81.5 Å². The Morgan fingerprint density at radius 2 is 0.490 bits per heavy atom. The SMILES string of the molecule is CN1c2ccccc2C2C1C1C=CC=CC1C2[Si](C)(CCCCCCOC(C)(C)C)C1C2C=CC=CC2C2C=CC=CC21.COc1ccc2c(c1)C1C(C3C=CC=CC3C1[Si](C)(CCCCCCOC(C)(C)C)C1C3C=CC=CC3C3C=CC=CC31)N2C.Cc1ccc2c(c1)C1C(C3C=CC=CC3C1[Si](C)(CCCCCCOC(C)(C)C)C1C3C=CC=CC3C3C=CC=CC31)N2C.[CH3-].[CH3-].[CH3-].[CH3-].[CH3-].[CH3-].[Cl][Zr+2][Cl].[Cl][Zr+2][Cl].[Cl][Zr+2][Cl]. The van der Waals surface area contributed by atoms with E-state index in [4.69, 9.17) is 70.0 Å². The van der Waals surface area contributed by atoms with Gasteiger partial charge in [-0.1, -0.05) is 350 Å². The molecule has 18 aliphatic rings. The van der Waals surface area contributed by atoms with Crippen LogP contribution in [0.3, 0.4) is 0 Å². The van der Waals surface area contributed by atoms with Crippen molar-refractivity contribution in [2.45, 2.75) is 270 Å². The summed E-state index contributed by atoms with van der Waals surface area (Å²) in [5.74, 6) is 14.2. The predicted molar refractivity (Wildman–Crippen MR) is 641 cm³/mol. The predicted octanol–water partition coefficient (Wildman–Crippen LogP) is 36.8. The average molecular weight is 2400 g/mol. The van der Waals surface area contributed by atoms with Gasteiger partial charge in [0.2, 0.25) is 0 Å². The number of rotatable bonds is 28. The minimum absolute atomic E-state index is 0. The number of fused-ring (bicyclic) bond motifs is 24. The molecule has 3 aliphatic heterocycles. The van der Waals surface area contributed by atoms with E-state index in [0.717, 1.165) is 53.3 Å². The van der Waals surface area contributed by atoms with Gasteiger partial charge in [-0.2, -0.15) is 0 Å². The van der Waals surface area contributed by atoms with E-state index < -0.39 is 86.8 Å². The first-order chi connectivity index (χ1) is 68.0. The van der Waals surface area contributed by atoms with Crippen LogP contribution in [0.4, 0.5) is 17.1 Å². The van der Waals surface area contributed by atoms with Crippen LogP contribution in [0.2, 0.25) is 71.0 Å². The molecule has 3 aromatic carbocycles. The molecule has 3 heterocycles. The first kappa shape index (κ1) is 126. The van der Waals surface area contributed by atoms with E-state index >= 15 is 0 Å². The molecule has 147 heavy (non-hydrogen) atoms. The van der Waals surface area contributed by atoms with Gasteiger partial charge in [0.25, 0.3) is 0 Å². The minimum atomic E-state index is -1.97. The van der Waals surface area contributed by atoms with E-state index in [1.807, 2.05) is 7.11 Å². The second kappa shape index (κ2) is 56.0. The fraction of sp³-hybridized carbons (Fsp3) is 0.531. The van der Waals surface area contributed by atoms with Crippen molar-refractivity contribution in [2.24, 2.45) is 107 Å². The number of hydrogen-bond acceptors (Lipinski definition) is 7. The van der Waals surface area contributed by atoms with Crippen molar-refractivity contribution in [2.75, 3.05) is 62.8 Å². The number of allylic oxidation sites excluding steroid dienone is 33. The number of hydrogen-bond donors (Lipinski definition) is 0. The van der Waals surface area contributed by atoms with Crippen LogP contribution in [0.15, 0.2) is 279 Å². The van der Waals surface area contributed by atoms with Crippen LogP contribution in [0.5, 0.6) is 5.75 Å². The number of halogens is 6. The maximum atomic E-state index is 6.08. The Kier molecular flexibility index (Phi) is 48.0. The summed E-state index contributed by atoms with van der Waals surface area (Å²) in [7, 11) is 32.8. The van der Waals surface area contributed by atoms with Crippen LogP contribution in [0.25, 0.3) is 0 Å². The van der Waals surface area contributed by atoms with Gasteiger partial charge in [0.05, 0.1) is 48.1 Å². The Morgan fingerprint density at radius 1 is 0.272 bits per heavy atom. The van der Waals surface area contributed by atoms with Gasteiger partial charge >= 0.3 is 114 Å². The Hall–Kier alpha value is -2.90. The number of ether oxygens (including phenoxy) is 4. The Bertz CT molecular complexity index is 5220. The molecular formula is C128H181Cl6N3O4Si3Zr3. The molecule has 0 saturated heterocycles. The molecule has 30 atom stereocenters. The molecule has 19 heteroatoms. The Morgan fingerprint density at radius 3 is 0.755 bits per heavy atom. The summed E-state index contributed by atoms with van der Waals surface area (Å²) in [6.07, 6.45) is 105. The summed E-state index contributed by atoms with van der Waals surface area (Å²) >= 11 is -2.48. The zero-order chi connectivity index (χ0) is 99.9. The van der Waals surface area contributed by atoms with Crippen molar-refractivity contribution in [3.8, 4) is 5.75 Å². The molecule has 0 bridgehead atoms. The molecule has 0 aromatic heterocycles. The quantitative estimate of drug-likeness (QED) is 0.0408. The number of benzene rings is 3. The van der Waals surface area contributed by atoms with Gasteiger partial charge < -0.3 is 78.2 Å². The number of likely N-dealkylation sites (N-methyl/N-ethyl adjacent to an activating group) is 3. The Labute approximate surface area is 954 Å². The fourth-order valence-electron chi connectivity index (χ4n) is 32.8. The second-order valence-electron chi connectivity index (χ2n) is 48.0. The maximum absolute atomic E-state index is 6.08. The molecule has 7 nitrogen and oxygen atoms in total.